The smallest absolute Gasteiger partial charge is 0.274 e. The van der Waals surface area contributed by atoms with E-state index >= 15 is 0 Å². The van der Waals surface area contributed by atoms with Crippen molar-refractivity contribution in [2.24, 2.45) is 5.92 Å². The van der Waals surface area contributed by atoms with Gasteiger partial charge in [-0.15, -0.1) is 0 Å². The van der Waals surface area contributed by atoms with Crippen molar-refractivity contribution in [1.29, 1.82) is 0 Å². The summed E-state index contributed by atoms with van der Waals surface area (Å²) in [6.07, 6.45) is 8.73. The highest BCUT2D eigenvalue weighted by Gasteiger charge is 2.23. The SMILES string of the molecule is CCCOc1cc(C=c2sc3nc(C4C=CC(C)CN4C)cn3c2=O)cc(Cl)c1O. The van der Waals surface area contributed by atoms with Gasteiger partial charge in [-0.3, -0.25) is 14.1 Å². The average Bonchev–Trinajstić information content (AvgIpc) is 3.23. The standard InChI is InChI=1S/C22H24ClN3O3S/c1-4-7-29-18-9-14(8-15(23)20(18)27)10-19-21(28)26-12-16(24-22(26)30-19)17-6-5-13(2)11-25(17)3/h5-6,8-10,12-13,17,27H,4,7,11H2,1-3H3. The minimum absolute atomic E-state index is 0.0781. The van der Waals surface area contributed by atoms with E-state index in [1.165, 1.54) is 11.3 Å². The number of thiazole rings is 1. The van der Waals surface area contributed by atoms with Crippen molar-refractivity contribution >= 4 is 34.0 Å². The van der Waals surface area contributed by atoms with Crippen molar-refractivity contribution < 1.29 is 9.84 Å². The molecule has 0 saturated heterocycles. The summed E-state index contributed by atoms with van der Waals surface area (Å²) in [5.74, 6) is 0.733. The van der Waals surface area contributed by atoms with Crippen LogP contribution in [0, 0.1) is 5.92 Å². The van der Waals surface area contributed by atoms with E-state index in [-0.39, 0.29) is 22.4 Å². The van der Waals surface area contributed by atoms with Crippen LogP contribution >= 0.6 is 22.9 Å². The molecule has 0 saturated carbocycles. The van der Waals surface area contributed by atoms with Crippen molar-refractivity contribution in [1.82, 2.24) is 14.3 Å². The number of phenols is 1. The van der Waals surface area contributed by atoms with Crippen molar-refractivity contribution in [2.75, 3.05) is 20.2 Å². The van der Waals surface area contributed by atoms with Gasteiger partial charge in [-0.1, -0.05) is 48.9 Å². The molecule has 2 atom stereocenters. The van der Waals surface area contributed by atoms with Gasteiger partial charge < -0.3 is 9.84 Å². The second-order valence-electron chi connectivity index (χ2n) is 7.68. The minimum Gasteiger partial charge on any atom is -0.503 e. The molecule has 1 aliphatic heterocycles. The van der Waals surface area contributed by atoms with Crippen molar-refractivity contribution in [2.45, 2.75) is 26.3 Å². The van der Waals surface area contributed by atoms with Gasteiger partial charge in [0, 0.05) is 12.7 Å². The van der Waals surface area contributed by atoms with Gasteiger partial charge in [0.05, 0.1) is 27.9 Å². The highest BCUT2D eigenvalue weighted by Crippen LogP contribution is 2.35. The molecule has 6 nitrogen and oxygen atoms in total. The van der Waals surface area contributed by atoms with Crippen LogP contribution in [0.4, 0.5) is 0 Å². The molecule has 0 radical (unpaired) electrons. The van der Waals surface area contributed by atoms with Crippen LogP contribution in [0.25, 0.3) is 11.0 Å². The maximum atomic E-state index is 12.9. The van der Waals surface area contributed by atoms with E-state index in [1.807, 2.05) is 13.1 Å². The van der Waals surface area contributed by atoms with Crippen LogP contribution in [-0.2, 0) is 0 Å². The van der Waals surface area contributed by atoms with Crippen LogP contribution in [0.15, 0.2) is 35.3 Å². The Balaban J connectivity index is 1.71. The zero-order valence-electron chi connectivity index (χ0n) is 17.1. The molecule has 1 aliphatic rings. The summed E-state index contributed by atoms with van der Waals surface area (Å²) in [6, 6.07) is 3.38. The predicted octanol–water partition coefficient (Wildman–Crippen LogP) is 3.63. The normalized spacial score (nSPS) is 20.3. The maximum absolute atomic E-state index is 12.9. The Hall–Kier alpha value is -2.35. The Morgan fingerprint density at radius 1 is 1.40 bits per heavy atom. The maximum Gasteiger partial charge on any atom is 0.274 e. The van der Waals surface area contributed by atoms with Gasteiger partial charge in [0.1, 0.15) is 0 Å². The first-order chi connectivity index (χ1) is 14.4. The van der Waals surface area contributed by atoms with E-state index in [0.717, 1.165) is 18.7 Å². The summed E-state index contributed by atoms with van der Waals surface area (Å²) < 4.78 is 7.71. The van der Waals surface area contributed by atoms with Crippen molar-refractivity contribution in [3.63, 3.8) is 0 Å². The van der Waals surface area contributed by atoms with Gasteiger partial charge >= 0.3 is 0 Å². The third kappa shape index (κ3) is 3.97. The summed E-state index contributed by atoms with van der Waals surface area (Å²) in [6.45, 7) is 5.59. The monoisotopic (exact) mass is 445 g/mol. The van der Waals surface area contributed by atoms with Gasteiger partial charge in [0.25, 0.3) is 5.56 Å². The number of ether oxygens (including phenoxy) is 1. The molecular formula is C22H24ClN3O3S. The molecular weight excluding hydrogens is 422 g/mol. The lowest BCUT2D eigenvalue weighted by atomic mass is 10.0. The number of hydrogen-bond acceptors (Lipinski definition) is 6. The first kappa shape index (κ1) is 20.9. The van der Waals surface area contributed by atoms with Crippen LogP contribution in [0.5, 0.6) is 11.5 Å². The molecule has 0 amide bonds. The Morgan fingerprint density at radius 3 is 2.90 bits per heavy atom. The van der Waals surface area contributed by atoms with E-state index in [4.69, 9.17) is 21.3 Å². The van der Waals surface area contributed by atoms with Gasteiger partial charge in [-0.05, 0) is 43.2 Å². The number of halogens is 1. The van der Waals surface area contributed by atoms with Gasteiger partial charge in [0.2, 0.25) is 0 Å². The first-order valence-electron chi connectivity index (χ1n) is 9.94. The Labute approximate surface area is 183 Å². The largest absolute Gasteiger partial charge is 0.503 e. The number of imidazole rings is 1. The van der Waals surface area contributed by atoms with Gasteiger partial charge in [-0.25, -0.2) is 4.98 Å². The number of aromatic nitrogens is 2. The minimum atomic E-state index is -0.121. The number of phenolic OH excluding ortho intramolecular Hbond substituents is 1. The first-order valence-corrected chi connectivity index (χ1v) is 11.1. The summed E-state index contributed by atoms with van der Waals surface area (Å²) in [7, 11) is 2.07. The topological polar surface area (TPSA) is 67.1 Å². The zero-order chi connectivity index (χ0) is 21.4. The van der Waals surface area contributed by atoms with E-state index in [0.29, 0.717) is 33.3 Å². The molecule has 0 spiro atoms. The predicted molar refractivity (Wildman–Crippen MR) is 121 cm³/mol. The van der Waals surface area contributed by atoms with Crippen molar-refractivity contribution in [3.05, 3.63) is 61.6 Å². The number of aromatic hydroxyl groups is 1. The lowest BCUT2D eigenvalue weighted by Crippen LogP contribution is -2.31. The number of likely N-dealkylation sites (N-methyl/N-ethyl adjacent to an activating group) is 1. The van der Waals surface area contributed by atoms with E-state index in [1.54, 1.807) is 22.6 Å². The Kier molecular flexibility index (Phi) is 5.86. The molecule has 158 valence electrons. The van der Waals surface area contributed by atoms with Gasteiger partial charge in [-0.2, -0.15) is 0 Å². The summed E-state index contributed by atoms with van der Waals surface area (Å²) in [5.41, 5.74) is 1.44. The number of benzene rings is 1. The molecule has 3 heterocycles. The number of nitrogens with zero attached hydrogens (tertiary/aromatic N) is 3. The molecule has 30 heavy (non-hydrogen) atoms. The third-order valence-electron chi connectivity index (χ3n) is 5.11. The second-order valence-corrected chi connectivity index (χ2v) is 9.09. The number of fused-ring (bicyclic) bond motifs is 1. The van der Waals surface area contributed by atoms with Crippen LogP contribution in [0.1, 0.15) is 37.6 Å². The molecule has 1 N–H and O–H groups in total. The quantitative estimate of drug-likeness (QED) is 0.607. The lowest BCUT2D eigenvalue weighted by Gasteiger charge is -2.30. The summed E-state index contributed by atoms with van der Waals surface area (Å²) >= 11 is 7.47. The molecule has 0 fully saturated rings. The molecule has 3 aromatic rings. The van der Waals surface area contributed by atoms with E-state index < -0.39 is 0 Å². The lowest BCUT2D eigenvalue weighted by molar-refractivity contribution is 0.245. The van der Waals surface area contributed by atoms with Crippen LogP contribution in [-0.4, -0.2) is 39.6 Å². The molecule has 8 heteroatoms. The molecule has 0 bridgehead atoms. The Bertz CT molecular complexity index is 1220. The fourth-order valence-electron chi connectivity index (χ4n) is 3.64. The highest BCUT2D eigenvalue weighted by molar-refractivity contribution is 7.15. The number of rotatable bonds is 5. The van der Waals surface area contributed by atoms with Crippen LogP contribution in [0.3, 0.4) is 0 Å². The molecule has 0 aliphatic carbocycles. The molecule has 1 aromatic carbocycles. The Morgan fingerprint density at radius 2 is 2.20 bits per heavy atom. The molecule has 2 aromatic heterocycles. The van der Waals surface area contributed by atoms with Crippen LogP contribution < -0.4 is 14.8 Å². The average molecular weight is 446 g/mol. The zero-order valence-corrected chi connectivity index (χ0v) is 18.7. The van der Waals surface area contributed by atoms with Gasteiger partial charge in [0.15, 0.2) is 16.5 Å². The summed E-state index contributed by atoms with van der Waals surface area (Å²) in [5, 5.41) is 10.3. The molecule has 4 rings (SSSR count). The number of hydrogen-bond donors (Lipinski definition) is 1. The van der Waals surface area contributed by atoms with Crippen molar-refractivity contribution in [3.8, 4) is 11.5 Å². The highest BCUT2D eigenvalue weighted by atomic mass is 35.5. The van der Waals surface area contributed by atoms with E-state index in [9.17, 15) is 9.90 Å². The summed E-state index contributed by atoms with van der Waals surface area (Å²) in [4.78, 5) is 20.5. The fourth-order valence-corrected chi connectivity index (χ4v) is 4.82. The third-order valence-corrected chi connectivity index (χ3v) is 6.38. The fraction of sp³-hybridized carbons (Fsp3) is 0.364. The van der Waals surface area contributed by atoms with Crippen LogP contribution in [0.2, 0.25) is 5.02 Å². The van der Waals surface area contributed by atoms with E-state index in [2.05, 4.69) is 31.0 Å². The second kappa shape index (κ2) is 8.41. The molecule has 2 unspecified atom stereocenters.